The van der Waals surface area contributed by atoms with Crippen LogP contribution in [-0.4, -0.2) is 16.3 Å². The summed E-state index contributed by atoms with van der Waals surface area (Å²) in [5.41, 5.74) is 3.27. The van der Waals surface area contributed by atoms with E-state index >= 15 is 0 Å². The van der Waals surface area contributed by atoms with E-state index in [0.29, 0.717) is 0 Å². The van der Waals surface area contributed by atoms with Crippen molar-refractivity contribution >= 4 is 0 Å². The summed E-state index contributed by atoms with van der Waals surface area (Å²) in [4.78, 5) is 0. The summed E-state index contributed by atoms with van der Waals surface area (Å²) in [7, 11) is 0. The summed E-state index contributed by atoms with van der Waals surface area (Å²) in [6.07, 6.45) is 0. The molecule has 0 atom stereocenters. The van der Waals surface area contributed by atoms with Gasteiger partial charge >= 0.3 is 0 Å². The second-order valence-electron chi connectivity index (χ2n) is 9.21. The minimum absolute atomic E-state index is 0.227. The number of phenolic OH excluding ortho intramolecular Hbond substituents is 1. The molecule has 0 heterocycles. The molecular formula is C26H30O3. The quantitative estimate of drug-likeness (QED) is 0.517. The van der Waals surface area contributed by atoms with Crippen molar-refractivity contribution in [3.05, 3.63) is 66.7 Å². The summed E-state index contributed by atoms with van der Waals surface area (Å²) in [5, 5.41) is 10.6. The molecule has 0 bridgehead atoms. The van der Waals surface area contributed by atoms with Crippen LogP contribution in [0.4, 0.5) is 0 Å². The number of rotatable bonds is 4. The minimum Gasteiger partial charge on any atom is -0.507 e. The Morgan fingerprint density at radius 1 is 0.552 bits per heavy atom. The first-order valence-electron chi connectivity index (χ1n) is 9.92. The van der Waals surface area contributed by atoms with Crippen LogP contribution in [0.15, 0.2) is 66.7 Å². The number of hydrogen-bond donors (Lipinski definition) is 1. The maximum Gasteiger partial charge on any atom is 0.124 e. The lowest BCUT2D eigenvalue weighted by Gasteiger charge is -2.21. The highest BCUT2D eigenvalue weighted by molar-refractivity contribution is 5.76. The molecule has 0 fully saturated rings. The summed E-state index contributed by atoms with van der Waals surface area (Å²) < 4.78 is 11.7. The molecule has 0 radical (unpaired) electrons. The van der Waals surface area contributed by atoms with Gasteiger partial charge in [-0.05, 0) is 88.6 Å². The van der Waals surface area contributed by atoms with Gasteiger partial charge in [0.05, 0.1) is 0 Å². The van der Waals surface area contributed by atoms with Gasteiger partial charge in [0, 0.05) is 5.56 Å². The molecule has 3 rings (SSSR count). The second kappa shape index (κ2) is 7.82. The molecule has 3 nitrogen and oxygen atoms in total. The summed E-state index contributed by atoms with van der Waals surface area (Å²) in [6, 6.07) is 21.5. The number of phenols is 1. The van der Waals surface area contributed by atoms with Crippen molar-refractivity contribution in [2.75, 3.05) is 0 Å². The van der Waals surface area contributed by atoms with Crippen molar-refractivity contribution in [2.24, 2.45) is 0 Å². The number of ether oxygens (including phenoxy) is 2. The van der Waals surface area contributed by atoms with E-state index in [-0.39, 0.29) is 17.0 Å². The van der Waals surface area contributed by atoms with Gasteiger partial charge in [-0.15, -0.1) is 0 Å². The van der Waals surface area contributed by atoms with Crippen LogP contribution in [0.2, 0.25) is 0 Å². The smallest absolute Gasteiger partial charge is 0.124 e. The zero-order valence-electron chi connectivity index (χ0n) is 18.1. The zero-order valence-corrected chi connectivity index (χ0v) is 18.1. The number of benzene rings is 3. The molecule has 0 unspecified atom stereocenters. The third-order valence-electron chi connectivity index (χ3n) is 4.20. The third kappa shape index (κ3) is 5.77. The molecule has 0 aliphatic carbocycles. The first kappa shape index (κ1) is 20.8. The van der Waals surface area contributed by atoms with E-state index in [1.165, 1.54) is 0 Å². The van der Waals surface area contributed by atoms with E-state index in [1.807, 2.05) is 102 Å². The second-order valence-corrected chi connectivity index (χ2v) is 9.21. The van der Waals surface area contributed by atoms with Crippen molar-refractivity contribution in [2.45, 2.75) is 52.7 Å². The molecule has 0 aliphatic rings. The molecule has 0 saturated heterocycles. The summed E-state index contributed by atoms with van der Waals surface area (Å²) in [6.45, 7) is 12.1. The molecule has 0 aromatic heterocycles. The molecule has 0 amide bonds. The predicted molar refractivity (Wildman–Crippen MR) is 120 cm³/mol. The van der Waals surface area contributed by atoms with Gasteiger partial charge in [0.1, 0.15) is 28.5 Å². The van der Waals surface area contributed by atoms with Gasteiger partial charge in [0.25, 0.3) is 0 Å². The first-order chi connectivity index (χ1) is 13.5. The van der Waals surface area contributed by atoms with Gasteiger partial charge in [0.15, 0.2) is 0 Å². The van der Waals surface area contributed by atoms with E-state index in [0.717, 1.165) is 33.8 Å². The van der Waals surface area contributed by atoms with Gasteiger partial charge in [-0.25, -0.2) is 0 Å². The molecular weight excluding hydrogens is 360 g/mol. The standard InChI is InChI=1S/C26H30O3/c1-25(2,3)28-21-12-7-18(8-13-21)20-11-16-23(24(27)17-20)19-9-14-22(15-10-19)29-26(4,5)6/h7-17,27H,1-6H3. The van der Waals surface area contributed by atoms with Crippen LogP contribution < -0.4 is 9.47 Å². The summed E-state index contributed by atoms with van der Waals surface area (Å²) >= 11 is 0. The molecule has 0 spiro atoms. The van der Waals surface area contributed by atoms with E-state index in [4.69, 9.17) is 9.47 Å². The van der Waals surface area contributed by atoms with Gasteiger partial charge in [-0.3, -0.25) is 0 Å². The molecule has 29 heavy (non-hydrogen) atoms. The van der Waals surface area contributed by atoms with Crippen molar-refractivity contribution in [1.29, 1.82) is 0 Å². The highest BCUT2D eigenvalue weighted by Crippen LogP contribution is 2.35. The van der Waals surface area contributed by atoms with E-state index in [2.05, 4.69) is 0 Å². The number of hydrogen-bond acceptors (Lipinski definition) is 3. The summed E-state index contributed by atoms with van der Waals surface area (Å²) in [5.74, 6) is 1.90. The van der Waals surface area contributed by atoms with Crippen molar-refractivity contribution in [3.8, 4) is 39.5 Å². The maximum atomic E-state index is 10.6. The fourth-order valence-corrected chi connectivity index (χ4v) is 3.08. The maximum absolute atomic E-state index is 10.6. The van der Waals surface area contributed by atoms with Gasteiger partial charge in [0.2, 0.25) is 0 Å². The van der Waals surface area contributed by atoms with E-state index in [9.17, 15) is 5.11 Å². The van der Waals surface area contributed by atoms with Crippen LogP contribution in [0.25, 0.3) is 22.3 Å². The minimum atomic E-state index is -0.237. The Kier molecular flexibility index (Phi) is 5.61. The Bertz CT molecular complexity index is 957. The molecule has 3 heteroatoms. The highest BCUT2D eigenvalue weighted by atomic mass is 16.5. The van der Waals surface area contributed by atoms with Gasteiger partial charge in [-0.2, -0.15) is 0 Å². The lowest BCUT2D eigenvalue weighted by Crippen LogP contribution is -2.22. The fraction of sp³-hybridized carbons (Fsp3) is 0.308. The first-order valence-corrected chi connectivity index (χ1v) is 9.92. The highest BCUT2D eigenvalue weighted by Gasteiger charge is 2.13. The zero-order chi connectivity index (χ0) is 21.2. The Balaban J connectivity index is 1.80. The van der Waals surface area contributed by atoms with Crippen LogP contribution in [0, 0.1) is 0 Å². The Labute approximate surface area is 173 Å². The Hall–Kier alpha value is -2.94. The lowest BCUT2D eigenvalue weighted by molar-refractivity contribution is 0.130. The van der Waals surface area contributed by atoms with Crippen LogP contribution in [-0.2, 0) is 0 Å². The monoisotopic (exact) mass is 390 g/mol. The topological polar surface area (TPSA) is 38.7 Å². The fourth-order valence-electron chi connectivity index (χ4n) is 3.08. The molecule has 152 valence electrons. The van der Waals surface area contributed by atoms with Crippen molar-refractivity contribution in [3.63, 3.8) is 0 Å². The number of aromatic hydroxyl groups is 1. The molecule has 0 aliphatic heterocycles. The Morgan fingerprint density at radius 2 is 0.966 bits per heavy atom. The molecule has 3 aromatic carbocycles. The van der Waals surface area contributed by atoms with Crippen LogP contribution >= 0.6 is 0 Å². The normalized spacial score (nSPS) is 11.9. The van der Waals surface area contributed by atoms with Crippen molar-refractivity contribution in [1.82, 2.24) is 0 Å². The van der Waals surface area contributed by atoms with Gasteiger partial charge in [-0.1, -0.05) is 36.4 Å². The average Bonchev–Trinajstić information content (AvgIpc) is 2.60. The van der Waals surface area contributed by atoms with Crippen molar-refractivity contribution < 1.29 is 14.6 Å². The van der Waals surface area contributed by atoms with E-state index in [1.54, 1.807) is 6.07 Å². The Morgan fingerprint density at radius 3 is 1.38 bits per heavy atom. The SMILES string of the molecule is CC(C)(C)Oc1ccc(-c2ccc(-c3ccc(OC(C)(C)C)cc3)c(O)c2)cc1. The molecule has 3 aromatic rings. The third-order valence-corrected chi connectivity index (χ3v) is 4.20. The average molecular weight is 391 g/mol. The van der Waals surface area contributed by atoms with Crippen LogP contribution in [0.5, 0.6) is 17.2 Å². The predicted octanol–water partition coefficient (Wildman–Crippen LogP) is 7.08. The molecule has 0 saturated carbocycles. The van der Waals surface area contributed by atoms with Crippen LogP contribution in [0.1, 0.15) is 41.5 Å². The molecule has 1 N–H and O–H groups in total. The lowest BCUT2D eigenvalue weighted by atomic mass is 9.99. The van der Waals surface area contributed by atoms with E-state index < -0.39 is 0 Å². The van der Waals surface area contributed by atoms with Crippen LogP contribution in [0.3, 0.4) is 0 Å². The largest absolute Gasteiger partial charge is 0.507 e. The van der Waals surface area contributed by atoms with Gasteiger partial charge < -0.3 is 14.6 Å².